The molecule has 0 aliphatic heterocycles. The van der Waals surface area contributed by atoms with Gasteiger partial charge in [-0.3, -0.25) is 14.9 Å². The zero-order valence-electron chi connectivity index (χ0n) is 12.2. The predicted octanol–water partition coefficient (Wildman–Crippen LogP) is 0.398. The van der Waals surface area contributed by atoms with E-state index in [0.29, 0.717) is 5.69 Å². The van der Waals surface area contributed by atoms with Crippen molar-refractivity contribution in [3.63, 3.8) is 0 Å². The van der Waals surface area contributed by atoms with E-state index < -0.39 is 16.9 Å². The summed E-state index contributed by atoms with van der Waals surface area (Å²) in [5.41, 5.74) is 0.338. The van der Waals surface area contributed by atoms with E-state index in [1.165, 1.54) is 32.4 Å². The Bertz CT molecular complexity index is 521. The fourth-order valence-corrected chi connectivity index (χ4v) is 1.94. The Morgan fingerprint density at radius 2 is 2.24 bits per heavy atom. The lowest BCUT2D eigenvalue weighted by Gasteiger charge is -2.22. The molecule has 0 aromatic heterocycles. The maximum absolute atomic E-state index is 11.5. The van der Waals surface area contributed by atoms with Gasteiger partial charge in [-0.2, -0.15) is 0 Å². The Balaban J connectivity index is 3.06. The first kappa shape index (κ1) is 16.9. The Hall–Kier alpha value is -2.19. The Kier molecular flexibility index (Phi) is 6.07. The number of benzene rings is 1. The van der Waals surface area contributed by atoms with Crippen molar-refractivity contribution in [3.8, 4) is 0 Å². The average molecular weight is 297 g/mol. The van der Waals surface area contributed by atoms with E-state index in [-0.39, 0.29) is 24.4 Å². The number of amides is 1. The summed E-state index contributed by atoms with van der Waals surface area (Å²) in [7, 11) is 4.54. The van der Waals surface area contributed by atoms with Crippen LogP contribution in [0.5, 0.6) is 0 Å². The predicted molar refractivity (Wildman–Crippen MR) is 77.6 cm³/mol. The van der Waals surface area contributed by atoms with Gasteiger partial charge in [-0.05, 0) is 12.1 Å². The maximum atomic E-state index is 11.5. The average Bonchev–Trinajstić information content (AvgIpc) is 2.45. The number of hydrogen-bond acceptors (Lipinski definition) is 6. The van der Waals surface area contributed by atoms with Gasteiger partial charge in [0, 0.05) is 39.4 Å². The highest BCUT2D eigenvalue weighted by Gasteiger charge is 2.21. The molecule has 1 amide bonds. The highest BCUT2D eigenvalue weighted by atomic mass is 16.6. The molecule has 1 aromatic rings. The van der Waals surface area contributed by atoms with Crippen molar-refractivity contribution in [2.45, 2.75) is 6.10 Å². The van der Waals surface area contributed by atoms with E-state index in [1.54, 1.807) is 11.9 Å². The third kappa shape index (κ3) is 4.40. The largest absolute Gasteiger partial charge is 0.389 e. The van der Waals surface area contributed by atoms with Crippen LogP contribution >= 0.6 is 0 Å². The third-order valence-electron chi connectivity index (χ3n) is 2.92. The fraction of sp³-hybridized carbons (Fsp3) is 0.462. The quantitative estimate of drug-likeness (QED) is 0.557. The van der Waals surface area contributed by atoms with Crippen molar-refractivity contribution >= 4 is 17.3 Å². The van der Waals surface area contributed by atoms with Gasteiger partial charge in [0.2, 0.25) is 0 Å². The zero-order chi connectivity index (χ0) is 16.0. The van der Waals surface area contributed by atoms with Crippen molar-refractivity contribution in [2.75, 3.05) is 39.3 Å². The fourth-order valence-electron chi connectivity index (χ4n) is 1.94. The summed E-state index contributed by atoms with van der Waals surface area (Å²) >= 11 is 0. The number of nitrogens with zero attached hydrogens (tertiary/aromatic N) is 2. The minimum Gasteiger partial charge on any atom is -0.389 e. The molecule has 0 heterocycles. The molecule has 0 bridgehead atoms. The van der Waals surface area contributed by atoms with Crippen LogP contribution < -0.4 is 10.2 Å². The molecule has 21 heavy (non-hydrogen) atoms. The number of rotatable bonds is 7. The number of nitrogens with one attached hydrogen (secondary N) is 1. The van der Waals surface area contributed by atoms with Gasteiger partial charge in [-0.25, -0.2) is 0 Å². The molecule has 0 saturated carbocycles. The Labute approximate surface area is 122 Å². The van der Waals surface area contributed by atoms with Crippen molar-refractivity contribution < 1.29 is 19.6 Å². The SMILES string of the molecule is CNC(=O)c1ccc(N(C)CC(O)COC)c([N+](=O)[O-])c1. The normalized spacial score (nSPS) is 11.8. The van der Waals surface area contributed by atoms with Crippen LogP contribution in [0.25, 0.3) is 0 Å². The summed E-state index contributed by atoms with van der Waals surface area (Å²) in [6.07, 6.45) is -0.766. The number of carbonyl (C=O) groups is 1. The van der Waals surface area contributed by atoms with E-state index in [9.17, 15) is 20.0 Å². The molecule has 0 radical (unpaired) electrons. The molecule has 0 saturated heterocycles. The van der Waals surface area contributed by atoms with Gasteiger partial charge >= 0.3 is 0 Å². The summed E-state index contributed by atoms with van der Waals surface area (Å²) < 4.78 is 4.82. The third-order valence-corrected chi connectivity index (χ3v) is 2.92. The smallest absolute Gasteiger partial charge is 0.293 e. The minimum atomic E-state index is -0.766. The Morgan fingerprint density at radius 1 is 1.57 bits per heavy atom. The van der Waals surface area contributed by atoms with Gasteiger partial charge in [0.15, 0.2) is 0 Å². The molecule has 8 nitrogen and oxygen atoms in total. The van der Waals surface area contributed by atoms with Gasteiger partial charge in [0.05, 0.1) is 17.6 Å². The molecule has 0 spiro atoms. The van der Waals surface area contributed by atoms with Crippen LogP contribution in [0.15, 0.2) is 18.2 Å². The lowest BCUT2D eigenvalue weighted by molar-refractivity contribution is -0.384. The number of anilines is 1. The molecule has 1 aromatic carbocycles. The molecule has 8 heteroatoms. The van der Waals surface area contributed by atoms with Crippen molar-refractivity contribution in [3.05, 3.63) is 33.9 Å². The van der Waals surface area contributed by atoms with Gasteiger partial charge in [0.25, 0.3) is 11.6 Å². The minimum absolute atomic E-state index is 0.133. The second-order valence-corrected chi connectivity index (χ2v) is 4.53. The standard InChI is InChI=1S/C13H19N3O5/c1-14-13(18)9-4-5-11(12(6-9)16(19)20)15(2)7-10(17)8-21-3/h4-6,10,17H,7-8H2,1-3H3,(H,14,18). The number of nitro benzene ring substituents is 1. The summed E-state index contributed by atoms with van der Waals surface area (Å²) in [5.74, 6) is -0.397. The number of methoxy groups -OCH3 is 1. The monoisotopic (exact) mass is 297 g/mol. The van der Waals surface area contributed by atoms with Crippen LogP contribution in [0.2, 0.25) is 0 Å². The van der Waals surface area contributed by atoms with Crippen LogP contribution in [0, 0.1) is 10.1 Å². The second-order valence-electron chi connectivity index (χ2n) is 4.53. The number of hydrogen-bond donors (Lipinski definition) is 2. The van der Waals surface area contributed by atoms with Crippen molar-refractivity contribution in [1.29, 1.82) is 0 Å². The molecule has 0 aliphatic carbocycles. The second kappa shape index (κ2) is 7.55. The number of ether oxygens (including phenoxy) is 1. The van der Waals surface area contributed by atoms with Gasteiger partial charge < -0.3 is 20.1 Å². The molecule has 1 unspecified atom stereocenters. The first-order valence-electron chi connectivity index (χ1n) is 6.29. The molecule has 116 valence electrons. The topological polar surface area (TPSA) is 105 Å². The molecular weight excluding hydrogens is 278 g/mol. The molecular formula is C13H19N3O5. The zero-order valence-corrected chi connectivity index (χ0v) is 12.2. The number of nitro groups is 1. The van der Waals surface area contributed by atoms with Gasteiger partial charge in [0.1, 0.15) is 5.69 Å². The molecule has 0 fully saturated rings. The van der Waals surface area contributed by atoms with Gasteiger partial charge in [-0.15, -0.1) is 0 Å². The number of aliphatic hydroxyl groups excluding tert-OH is 1. The summed E-state index contributed by atoms with van der Waals surface area (Å²) in [6, 6.07) is 4.20. The van der Waals surface area contributed by atoms with E-state index in [1.807, 2.05) is 0 Å². The first-order valence-corrected chi connectivity index (χ1v) is 6.29. The van der Waals surface area contributed by atoms with E-state index in [2.05, 4.69) is 5.32 Å². The molecule has 0 aliphatic rings. The van der Waals surface area contributed by atoms with Crippen LogP contribution in [0.1, 0.15) is 10.4 Å². The maximum Gasteiger partial charge on any atom is 0.293 e. The molecule has 2 N–H and O–H groups in total. The Morgan fingerprint density at radius 3 is 2.76 bits per heavy atom. The summed E-state index contributed by atoms with van der Waals surface area (Å²) in [5, 5.41) is 23.3. The molecule has 1 atom stereocenters. The number of aliphatic hydroxyl groups is 1. The summed E-state index contributed by atoms with van der Waals surface area (Å²) in [4.78, 5) is 23.7. The van der Waals surface area contributed by atoms with E-state index in [0.717, 1.165) is 0 Å². The van der Waals surface area contributed by atoms with Gasteiger partial charge in [-0.1, -0.05) is 0 Å². The highest BCUT2D eigenvalue weighted by molar-refractivity contribution is 5.95. The lowest BCUT2D eigenvalue weighted by Crippen LogP contribution is -2.32. The van der Waals surface area contributed by atoms with Crippen molar-refractivity contribution in [2.24, 2.45) is 0 Å². The first-order chi connectivity index (χ1) is 9.90. The van der Waals surface area contributed by atoms with Crippen LogP contribution in [0.4, 0.5) is 11.4 Å². The highest BCUT2D eigenvalue weighted by Crippen LogP contribution is 2.28. The summed E-state index contributed by atoms with van der Waals surface area (Å²) in [6.45, 7) is 0.308. The number of likely N-dealkylation sites (N-methyl/N-ethyl adjacent to an activating group) is 1. The van der Waals surface area contributed by atoms with Crippen molar-refractivity contribution in [1.82, 2.24) is 5.32 Å². The van der Waals surface area contributed by atoms with Crippen LogP contribution in [-0.4, -0.2) is 56.4 Å². The molecule has 1 rings (SSSR count). The van der Waals surface area contributed by atoms with E-state index >= 15 is 0 Å². The van der Waals surface area contributed by atoms with Crippen LogP contribution in [-0.2, 0) is 4.74 Å². The van der Waals surface area contributed by atoms with Crippen LogP contribution in [0.3, 0.4) is 0 Å². The number of carbonyl (C=O) groups excluding carboxylic acids is 1. The van der Waals surface area contributed by atoms with E-state index in [4.69, 9.17) is 4.74 Å². The lowest BCUT2D eigenvalue weighted by atomic mass is 10.1.